The molecule has 0 unspecified atom stereocenters. The fraction of sp³-hybridized carbons (Fsp3) is 0.300. The second kappa shape index (κ2) is 8.93. The summed E-state index contributed by atoms with van der Waals surface area (Å²) in [6.07, 6.45) is -0.257. The van der Waals surface area contributed by atoms with Gasteiger partial charge in [0.2, 0.25) is 0 Å². The number of ether oxygens (including phenoxy) is 4. The van der Waals surface area contributed by atoms with Crippen molar-refractivity contribution in [1.82, 2.24) is 5.32 Å². The van der Waals surface area contributed by atoms with Crippen molar-refractivity contribution < 1.29 is 28.5 Å². The molecule has 0 aromatic heterocycles. The van der Waals surface area contributed by atoms with Gasteiger partial charge in [0, 0.05) is 0 Å². The number of carbonyl (C=O) groups is 2. The van der Waals surface area contributed by atoms with E-state index < -0.39 is 5.97 Å². The van der Waals surface area contributed by atoms with Crippen LogP contribution in [0.1, 0.15) is 17.3 Å². The second-order valence-corrected chi connectivity index (χ2v) is 5.84. The minimum Gasteiger partial charge on any atom is -0.486 e. The van der Waals surface area contributed by atoms with Gasteiger partial charge in [-0.15, -0.1) is 0 Å². The largest absolute Gasteiger partial charge is 0.486 e. The minimum absolute atomic E-state index is 0.136. The van der Waals surface area contributed by atoms with Crippen molar-refractivity contribution in [3.8, 4) is 17.2 Å². The van der Waals surface area contributed by atoms with Gasteiger partial charge >= 0.3 is 5.97 Å². The van der Waals surface area contributed by atoms with Crippen LogP contribution in [0.15, 0.2) is 48.5 Å². The highest BCUT2D eigenvalue weighted by atomic mass is 16.6. The summed E-state index contributed by atoms with van der Waals surface area (Å²) in [6, 6.07) is 13.8. The molecule has 0 saturated carbocycles. The van der Waals surface area contributed by atoms with E-state index in [1.165, 1.54) is 0 Å². The fourth-order valence-electron chi connectivity index (χ4n) is 2.49. The third-order valence-corrected chi connectivity index (χ3v) is 3.83. The first kappa shape index (κ1) is 18.6. The van der Waals surface area contributed by atoms with E-state index in [0.717, 1.165) is 0 Å². The van der Waals surface area contributed by atoms with Crippen LogP contribution in [-0.4, -0.2) is 44.3 Å². The lowest BCUT2D eigenvalue weighted by Crippen LogP contribution is -2.42. The summed E-state index contributed by atoms with van der Waals surface area (Å²) in [5.41, 5.74) is 0.434. The molecule has 1 aliphatic rings. The van der Waals surface area contributed by atoms with Crippen LogP contribution in [0, 0.1) is 0 Å². The van der Waals surface area contributed by atoms with Gasteiger partial charge in [0.15, 0.2) is 18.1 Å². The van der Waals surface area contributed by atoms with Crippen LogP contribution in [0.25, 0.3) is 0 Å². The average Bonchev–Trinajstić information content (AvgIpc) is 2.71. The first-order chi connectivity index (χ1) is 13.2. The van der Waals surface area contributed by atoms with Gasteiger partial charge in [-0.05, 0) is 43.3 Å². The Balaban J connectivity index is 1.40. The number of hydrogen-bond donors (Lipinski definition) is 1. The summed E-state index contributed by atoms with van der Waals surface area (Å²) < 4.78 is 21.7. The normalized spacial score (nSPS) is 14.9. The molecule has 27 heavy (non-hydrogen) atoms. The first-order valence-corrected chi connectivity index (χ1v) is 8.71. The third kappa shape index (κ3) is 5.13. The zero-order chi connectivity index (χ0) is 19.1. The summed E-state index contributed by atoms with van der Waals surface area (Å²) in [6.45, 7) is 2.62. The smallest absolute Gasteiger partial charge is 0.338 e. The molecule has 3 rings (SSSR count). The Kier molecular flexibility index (Phi) is 6.14. The number of hydrogen-bond acceptors (Lipinski definition) is 6. The number of nitrogens with one attached hydrogen (secondary N) is 1. The number of para-hydroxylation sites is 2. The molecule has 7 nitrogen and oxygen atoms in total. The van der Waals surface area contributed by atoms with Crippen molar-refractivity contribution in [2.24, 2.45) is 0 Å². The highest BCUT2D eigenvalue weighted by molar-refractivity contribution is 5.89. The number of amides is 1. The predicted octanol–water partition coefficient (Wildman–Crippen LogP) is 2.20. The van der Waals surface area contributed by atoms with Gasteiger partial charge in [-0.25, -0.2) is 4.79 Å². The minimum atomic E-state index is -0.391. The van der Waals surface area contributed by atoms with Gasteiger partial charge in [-0.3, -0.25) is 4.79 Å². The van der Waals surface area contributed by atoms with E-state index in [9.17, 15) is 9.59 Å². The quantitative estimate of drug-likeness (QED) is 0.752. The molecule has 0 radical (unpaired) electrons. The molecule has 142 valence electrons. The molecular weight excluding hydrogens is 350 g/mol. The summed E-state index contributed by atoms with van der Waals surface area (Å²) >= 11 is 0. The van der Waals surface area contributed by atoms with Crippen LogP contribution >= 0.6 is 0 Å². The van der Waals surface area contributed by atoms with E-state index >= 15 is 0 Å². The monoisotopic (exact) mass is 371 g/mol. The summed E-state index contributed by atoms with van der Waals surface area (Å²) in [4.78, 5) is 23.5. The SMILES string of the molecule is CCOC(=O)c1ccc(OCC(=O)NC[C@@H]2COc3ccccc3O2)cc1. The first-order valence-electron chi connectivity index (χ1n) is 8.71. The molecule has 7 heteroatoms. The van der Waals surface area contributed by atoms with Crippen LogP contribution in [0.2, 0.25) is 0 Å². The molecule has 1 N–H and O–H groups in total. The van der Waals surface area contributed by atoms with E-state index in [1.54, 1.807) is 31.2 Å². The zero-order valence-corrected chi connectivity index (χ0v) is 15.0. The molecule has 0 aliphatic carbocycles. The maximum atomic E-state index is 12.0. The lowest BCUT2D eigenvalue weighted by Gasteiger charge is -2.26. The van der Waals surface area contributed by atoms with Crippen LogP contribution in [0.4, 0.5) is 0 Å². The highest BCUT2D eigenvalue weighted by Gasteiger charge is 2.21. The Hall–Kier alpha value is -3.22. The van der Waals surface area contributed by atoms with E-state index in [1.807, 2.05) is 24.3 Å². The second-order valence-electron chi connectivity index (χ2n) is 5.84. The van der Waals surface area contributed by atoms with Crippen molar-refractivity contribution in [3.05, 3.63) is 54.1 Å². The van der Waals surface area contributed by atoms with E-state index in [0.29, 0.717) is 42.6 Å². The number of benzene rings is 2. The van der Waals surface area contributed by atoms with Gasteiger partial charge in [-0.1, -0.05) is 12.1 Å². The van der Waals surface area contributed by atoms with Gasteiger partial charge in [-0.2, -0.15) is 0 Å². The molecule has 1 aliphatic heterocycles. The van der Waals surface area contributed by atoms with Crippen LogP contribution in [-0.2, 0) is 9.53 Å². The molecule has 0 saturated heterocycles. The zero-order valence-electron chi connectivity index (χ0n) is 15.0. The van der Waals surface area contributed by atoms with Crippen LogP contribution < -0.4 is 19.5 Å². The Bertz CT molecular complexity index is 789. The number of carbonyl (C=O) groups excluding carboxylic acids is 2. The number of esters is 1. The Morgan fingerprint density at radius 2 is 1.85 bits per heavy atom. The van der Waals surface area contributed by atoms with Gasteiger partial charge in [0.25, 0.3) is 5.91 Å². The van der Waals surface area contributed by atoms with Crippen molar-refractivity contribution in [3.63, 3.8) is 0 Å². The van der Waals surface area contributed by atoms with Crippen molar-refractivity contribution >= 4 is 11.9 Å². The van der Waals surface area contributed by atoms with Crippen LogP contribution in [0.5, 0.6) is 17.2 Å². The maximum absolute atomic E-state index is 12.0. The maximum Gasteiger partial charge on any atom is 0.338 e. The molecule has 1 amide bonds. The number of fused-ring (bicyclic) bond motifs is 1. The lowest BCUT2D eigenvalue weighted by atomic mass is 10.2. The standard InChI is InChI=1S/C20H21NO6/c1-2-24-20(23)14-7-9-15(10-8-14)25-13-19(22)21-11-16-12-26-17-5-3-4-6-18(17)27-16/h3-10,16H,2,11-13H2,1H3,(H,21,22)/t16-/m1/s1. The molecule has 1 heterocycles. The van der Waals surface area contributed by atoms with Crippen molar-refractivity contribution in [2.45, 2.75) is 13.0 Å². The van der Waals surface area contributed by atoms with Gasteiger partial charge in [0.1, 0.15) is 18.5 Å². The summed E-state index contributed by atoms with van der Waals surface area (Å²) in [5, 5.41) is 2.76. The van der Waals surface area contributed by atoms with Crippen molar-refractivity contribution in [2.75, 3.05) is 26.4 Å². The predicted molar refractivity (Wildman–Crippen MR) is 97.3 cm³/mol. The fourth-order valence-corrected chi connectivity index (χ4v) is 2.49. The number of rotatable bonds is 7. The van der Waals surface area contributed by atoms with Crippen molar-refractivity contribution in [1.29, 1.82) is 0 Å². The van der Waals surface area contributed by atoms with E-state index in [-0.39, 0.29) is 18.6 Å². The van der Waals surface area contributed by atoms with E-state index in [4.69, 9.17) is 18.9 Å². The third-order valence-electron chi connectivity index (χ3n) is 3.83. The highest BCUT2D eigenvalue weighted by Crippen LogP contribution is 2.30. The van der Waals surface area contributed by atoms with Gasteiger partial charge in [0.05, 0.1) is 18.7 Å². The molecule has 0 spiro atoms. The lowest BCUT2D eigenvalue weighted by molar-refractivity contribution is -0.123. The Morgan fingerprint density at radius 3 is 2.59 bits per heavy atom. The van der Waals surface area contributed by atoms with Gasteiger partial charge < -0.3 is 24.3 Å². The van der Waals surface area contributed by atoms with Crippen LogP contribution in [0.3, 0.4) is 0 Å². The topological polar surface area (TPSA) is 83.1 Å². The van der Waals surface area contributed by atoms with E-state index in [2.05, 4.69) is 5.32 Å². The molecule has 2 aromatic carbocycles. The summed E-state index contributed by atoms with van der Waals surface area (Å²) in [5.74, 6) is 1.20. The molecule has 2 aromatic rings. The Morgan fingerprint density at radius 1 is 1.11 bits per heavy atom. The molecular formula is C20H21NO6. The molecule has 1 atom stereocenters. The Labute approximate surface area is 157 Å². The molecule has 0 bridgehead atoms. The average molecular weight is 371 g/mol. The molecule has 0 fully saturated rings. The summed E-state index contributed by atoms with van der Waals surface area (Å²) in [7, 11) is 0.